The molecule has 0 saturated heterocycles. The summed E-state index contributed by atoms with van der Waals surface area (Å²) in [4.78, 5) is 12.3. The number of nitrogens with one attached hydrogen (secondary N) is 1. The van der Waals surface area contributed by atoms with Crippen LogP contribution in [0.3, 0.4) is 0 Å². The molecule has 1 aromatic heterocycles. The van der Waals surface area contributed by atoms with E-state index in [-0.39, 0.29) is 12.3 Å². The van der Waals surface area contributed by atoms with Crippen LogP contribution in [0, 0.1) is 6.92 Å². The Morgan fingerprint density at radius 2 is 1.89 bits per heavy atom. The van der Waals surface area contributed by atoms with Gasteiger partial charge in [0.1, 0.15) is 0 Å². The van der Waals surface area contributed by atoms with Crippen LogP contribution < -0.4 is 14.8 Å². The normalized spacial score (nSPS) is 10.5. The summed E-state index contributed by atoms with van der Waals surface area (Å²) < 4.78 is 16.9. The molecule has 0 aliphatic carbocycles. The van der Waals surface area contributed by atoms with E-state index in [1.165, 1.54) is 0 Å². The van der Waals surface area contributed by atoms with Gasteiger partial charge in [0, 0.05) is 21.8 Å². The largest absolute Gasteiger partial charge is 0.493 e. The Kier molecular flexibility index (Phi) is 5.81. The topological polar surface area (TPSA) is 73.6 Å². The Hall–Kier alpha value is -2.80. The molecule has 0 fully saturated rings. The lowest BCUT2D eigenvalue weighted by Crippen LogP contribution is -2.15. The highest BCUT2D eigenvalue weighted by Crippen LogP contribution is 2.32. The number of methoxy groups -OCH3 is 2. The van der Waals surface area contributed by atoms with Gasteiger partial charge in [0.2, 0.25) is 5.91 Å². The molecule has 140 valence electrons. The van der Waals surface area contributed by atoms with Crippen molar-refractivity contribution in [3.8, 4) is 22.8 Å². The van der Waals surface area contributed by atoms with Gasteiger partial charge in [-0.25, -0.2) is 0 Å². The van der Waals surface area contributed by atoms with Crippen LogP contribution in [-0.4, -0.2) is 25.3 Å². The fourth-order valence-corrected chi connectivity index (χ4v) is 3.12. The van der Waals surface area contributed by atoms with Gasteiger partial charge in [-0.3, -0.25) is 4.79 Å². The number of carbonyl (C=O) groups excluding carboxylic acids is 1. The zero-order valence-corrected chi connectivity index (χ0v) is 16.8. The second-order valence-corrected chi connectivity index (χ2v) is 6.85. The fraction of sp³-hybridized carbons (Fsp3) is 0.200. The maximum atomic E-state index is 12.3. The Balaban J connectivity index is 1.71. The van der Waals surface area contributed by atoms with Gasteiger partial charge in [-0.15, -0.1) is 0 Å². The van der Waals surface area contributed by atoms with E-state index in [4.69, 9.17) is 14.0 Å². The molecule has 0 saturated carbocycles. The third-order valence-electron chi connectivity index (χ3n) is 4.03. The maximum absolute atomic E-state index is 12.3. The minimum atomic E-state index is -0.160. The van der Waals surface area contributed by atoms with Gasteiger partial charge in [0.25, 0.3) is 0 Å². The van der Waals surface area contributed by atoms with E-state index >= 15 is 0 Å². The molecule has 3 aromatic rings. The van der Waals surface area contributed by atoms with E-state index in [9.17, 15) is 4.79 Å². The SMILES string of the molecule is COc1ccc(-c2cc(CC(=O)Nc3ccc(Br)cc3C)no2)cc1OC. The molecular weight excluding hydrogens is 412 g/mol. The molecule has 0 aliphatic rings. The predicted octanol–water partition coefficient (Wildman–Crippen LogP) is 4.61. The van der Waals surface area contributed by atoms with Crippen molar-refractivity contribution in [3.63, 3.8) is 0 Å². The van der Waals surface area contributed by atoms with Crippen molar-refractivity contribution in [2.75, 3.05) is 19.5 Å². The summed E-state index contributed by atoms with van der Waals surface area (Å²) in [5.74, 6) is 1.62. The Labute approximate surface area is 165 Å². The molecule has 0 spiro atoms. The first-order chi connectivity index (χ1) is 13.0. The Morgan fingerprint density at radius 3 is 2.59 bits per heavy atom. The number of halogens is 1. The first-order valence-electron chi connectivity index (χ1n) is 8.24. The molecule has 2 aromatic carbocycles. The molecule has 0 radical (unpaired) electrons. The lowest BCUT2D eigenvalue weighted by atomic mass is 10.1. The number of aromatic nitrogens is 1. The number of hydrogen-bond acceptors (Lipinski definition) is 5. The van der Waals surface area contributed by atoms with Crippen molar-refractivity contribution >= 4 is 27.5 Å². The zero-order valence-electron chi connectivity index (χ0n) is 15.2. The number of aryl methyl sites for hydroxylation is 1. The van der Waals surface area contributed by atoms with Crippen LogP contribution in [0.15, 0.2) is 51.5 Å². The monoisotopic (exact) mass is 430 g/mol. The van der Waals surface area contributed by atoms with Crippen molar-refractivity contribution in [2.24, 2.45) is 0 Å². The van der Waals surface area contributed by atoms with Crippen LogP contribution >= 0.6 is 15.9 Å². The van der Waals surface area contributed by atoms with Crippen LogP contribution in [0.25, 0.3) is 11.3 Å². The molecule has 0 aliphatic heterocycles. The summed E-state index contributed by atoms with van der Waals surface area (Å²) in [7, 11) is 3.15. The van der Waals surface area contributed by atoms with Crippen LogP contribution in [0.5, 0.6) is 11.5 Å². The average Bonchev–Trinajstić information content (AvgIpc) is 3.11. The predicted molar refractivity (Wildman–Crippen MR) is 106 cm³/mol. The van der Waals surface area contributed by atoms with Gasteiger partial charge in [-0.05, 0) is 48.9 Å². The molecule has 27 heavy (non-hydrogen) atoms. The van der Waals surface area contributed by atoms with Gasteiger partial charge in [0.05, 0.1) is 26.3 Å². The van der Waals surface area contributed by atoms with Gasteiger partial charge in [-0.1, -0.05) is 21.1 Å². The van der Waals surface area contributed by atoms with E-state index in [2.05, 4.69) is 26.4 Å². The Bertz CT molecular complexity index is 968. The molecule has 3 rings (SSSR count). The quantitative estimate of drug-likeness (QED) is 0.617. The first kappa shape index (κ1) is 19.0. The van der Waals surface area contributed by atoms with Gasteiger partial charge in [0.15, 0.2) is 17.3 Å². The molecule has 1 N–H and O–H groups in total. The van der Waals surface area contributed by atoms with Gasteiger partial charge >= 0.3 is 0 Å². The van der Waals surface area contributed by atoms with Crippen molar-refractivity contribution in [1.82, 2.24) is 5.16 Å². The van der Waals surface area contributed by atoms with E-state index in [0.29, 0.717) is 23.0 Å². The minimum absolute atomic E-state index is 0.117. The summed E-state index contributed by atoms with van der Waals surface area (Å²) in [5.41, 5.74) is 3.08. The summed E-state index contributed by atoms with van der Waals surface area (Å²) in [5, 5.41) is 6.88. The maximum Gasteiger partial charge on any atom is 0.230 e. The van der Waals surface area contributed by atoms with Crippen molar-refractivity contribution in [2.45, 2.75) is 13.3 Å². The van der Waals surface area contributed by atoms with Gasteiger partial charge < -0.3 is 19.3 Å². The van der Waals surface area contributed by atoms with Crippen LogP contribution in [0.4, 0.5) is 5.69 Å². The fourth-order valence-electron chi connectivity index (χ4n) is 2.65. The van der Waals surface area contributed by atoms with E-state index in [1.807, 2.05) is 31.2 Å². The van der Waals surface area contributed by atoms with E-state index in [1.54, 1.807) is 32.4 Å². The summed E-state index contributed by atoms with van der Waals surface area (Å²) in [6.07, 6.45) is 0.117. The van der Waals surface area contributed by atoms with Gasteiger partial charge in [-0.2, -0.15) is 0 Å². The first-order valence-corrected chi connectivity index (χ1v) is 9.03. The molecule has 0 bridgehead atoms. The lowest BCUT2D eigenvalue weighted by Gasteiger charge is -2.08. The molecule has 6 nitrogen and oxygen atoms in total. The molecule has 1 amide bonds. The van der Waals surface area contributed by atoms with Crippen molar-refractivity contribution in [1.29, 1.82) is 0 Å². The number of benzene rings is 2. The molecular formula is C20H19BrN2O4. The summed E-state index contributed by atoms with van der Waals surface area (Å²) in [6, 6.07) is 12.9. The number of ether oxygens (including phenoxy) is 2. The van der Waals surface area contributed by atoms with E-state index in [0.717, 1.165) is 21.3 Å². The smallest absolute Gasteiger partial charge is 0.230 e. The third-order valence-corrected chi connectivity index (χ3v) is 4.52. The number of hydrogen-bond donors (Lipinski definition) is 1. The number of carbonyl (C=O) groups is 1. The molecule has 0 atom stereocenters. The number of amides is 1. The summed E-state index contributed by atoms with van der Waals surface area (Å²) >= 11 is 3.41. The van der Waals surface area contributed by atoms with E-state index < -0.39 is 0 Å². The molecule has 7 heteroatoms. The van der Waals surface area contributed by atoms with Crippen LogP contribution in [0.1, 0.15) is 11.3 Å². The highest BCUT2D eigenvalue weighted by atomic mass is 79.9. The van der Waals surface area contributed by atoms with Crippen molar-refractivity contribution < 1.29 is 18.8 Å². The number of rotatable bonds is 6. The molecule has 1 heterocycles. The second-order valence-electron chi connectivity index (χ2n) is 5.94. The highest BCUT2D eigenvalue weighted by Gasteiger charge is 2.14. The van der Waals surface area contributed by atoms with Crippen LogP contribution in [0.2, 0.25) is 0 Å². The summed E-state index contributed by atoms with van der Waals surface area (Å²) in [6.45, 7) is 1.94. The average molecular weight is 431 g/mol. The molecule has 0 unspecified atom stereocenters. The number of anilines is 1. The third kappa shape index (κ3) is 4.49. The second kappa shape index (κ2) is 8.26. The van der Waals surface area contributed by atoms with Crippen LogP contribution in [-0.2, 0) is 11.2 Å². The number of nitrogens with zero attached hydrogens (tertiary/aromatic N) is 1. The zero-order chi connectivity index (χ0) is 19.4. The Morgan fingerprint density at radius 1 is 1.11 bits per heavy atom. The lowest BCUT2D eigenvalue weighted by molar-refractivity contribution is -0.115. The highest BCUT2D eigenvalue weighted by molar-refractivity contribution is 9.10. The van der Waals surface area contributed by atoms with Crippen molar-refractivity contribution in [3.05, 3.63) is 58.2 Å². The standard InChI is InChI=1S/C20H19BrN2O4/c1-12-8-14(21)5-6-16(12)22-20(24)11-15-10-18(27-23-15)13-4-7-17(25-2)19(9-13)26-3/h4-10H,11H2,1-3H3,(H,22,24). The minimum Gasteiger partial charge on any atom is -0.493 e.